The van der Waals surface area contributed by atoms with E-state index >= 15 is 0 Å². The molecule has 0 spiro atoms. The van der Waals surface area contributed by atoms with Crippen molar-refractivity contribution < 1.29 is 28.6 Å². The fourth-order valence-corrected chi connectivity index (χ4v) is 7.74. The monoisotopic (exact) mass is 1010 g/mol. The van der Waals surface area contributed by atoms with E-state index in [0.29, 0.717) is 19.3 Å². The molecule has 0 rings (SSSR count). The molecular formula is C67H108O6. The van der Waals surface area contributed by atoms with Gasteiger partial charge in [0.15, 0.2) is 6.10 Å². The summed E-state index contributed by atoms with van der Waals surface area (Å²) in [4.78, 5) is 38.2. The topological polar surface area (TPSA) is 78.9 Å². The second kappa shape index (κ2) is 60.1. The molecule has 0 aromatic rings. The molecule has 0 heterocycles. The van der Waals surface area contributed by atoms with Crippen LogP contribution in [0.4, 0.5) is 0 Å². The average Bonchev–Trinajstić information content (AvgIpc) is 3.39. The standard InChI is InChI=1S/C67H108O6/c1-4-7-10-13-16-19-22-25-28-31-32-33-34-37-39-42-45-48-51-54-57-60-66(69)72-63-64(73-67(70)61-58-55-52-49-46-43-40-36-30-27-24-21-18-15-12-9-6-3)62-71-65(68)59-56-53-50-47-44-41-38-35-29-26-23-20-17-14-11-8-5-2/h8-9,11-12,17-18,20-21,26-27,29-32,38,40-41,43,47,49-50,52,64H,4-7,10,13-16,19,22-25,28,33-37,39,42,44-46,48,51,53-63H2,1-3H3/b11-8-,12-9-,20-17-,21-18-,29-26-,30-27-,32-31-,41-38-,43-40-,50-47-,52-49-. The third-order valence-corrected chi connectivity index (χ3v) is 12.1. The second-order valence-electron chi connectivity index (χ2n) is 19.1. The van der Waals surface area contributed by atoms with Crippen LogP contribution in [0.15, 0.2) is 134 Å². The molecule has 0 saturated carbocycles. The van der Waals surface area contributed by atoms with E-state index in [1.807, 2.05) is 0 Å². The maximum atomic E-state index is 12.8. The largest absolute Gasteiger partial charge is 0.462 e. The van der Waals surface area contributed by atoms with Crippen molar-refractivity contribution >= 4 is 17.9 Å². The summed E-state index contributed by atoms with van der Waals surface area (Å²) in [5.41, 5.74) is 0. The smallest absolute Gasteiger partial charge is 0.306 e. The van der Waals surface area contributed by atoms with Crippen molar-refractivity contribution in [3.05, 3.63) is 134 Å². The molecule has 0 aliphatic rings. The van der Waals surface area contributed by atoms with E-state index in [1.54, 1.807) is 0 Å². The summed E-state index contributed by atoms with van der Waals surface area (Å²) in [7, 11) is 0. The molecule has 0 saturated heterocycles. The van der Waals surface area contributed by atoms with Crippen LogP contribution in [-0.2, 0) is 28.6 Å². The van der Waals surface area contributed by atoms with Gasteiger partial charge < -0.3 is 14.2 Å². The van der Waals surface area contributed by atoms with Gasteiger partial charge in [-0.1, -0.05) is 244 Å². The van der Waals surface area contributed by atoms with Gasteiger partial charge >= 0.3 is 17.9 Å². The lowest BCUT2D eigenvalue weighted by atomic mass is 10.1. The van der Waals surface area contributed by atoms with Crippen molar-refractivity contribution in [2.75, 3.05) is 13.2 Å². The second-order valence-corrected chi connectivity index (χ2v) is 19.1. The number of ether oxygens (including phenoxy) is 3. The molecule has 1 atom stereocenters. The highest BCUT2D eigenvalue weighted by molar-refractivity contribution is 5.71. The van der Waals surface area contributed by atoms with Crippen molar-refractivity contribution in [2.24, 2.45) is 0 Å². The molecule has 0 aromatic carbocycles. The van der Waals surface area contributed by atoms with Crippen molar-refractivity contribution in [2.45, 2.75) is 258 Å². The maximum Gasteiger partial charge on any atom is 0.306 e. The number of esters is 3. The molecule has 0 N–H and O–H groups in total. The summed E-state index contributed by atoms with van der Waals surface area (Å²) in [5, 5.41) is 0. The zero-order valence-electron chi connectivity index (χ0n) is 47.1. The molecule has 0 amide bonds. The minimum atomic E-state index is -0.837. The zero-order chi connectivity index (χ0) is 52.9. The number of rotatable bonds is 52. The number of carbonyl (C=O) groups excluding carboxylic acids is 3. The van der Waals surface area contributed by atoms with E-state index in [4.69, 9.17) is 14.2 Å². The van der Waals surface area contributed by atoms with Gasteiger partial charge in [0, 0.05) is 19.3 Å². The predicted octanol–water partition coefficient (Wildman–Crippen LogP) is 20.2. The first-order valence-corrected chi connectivity index (χ1v) is 29.7. The number of hydrogen-bond acceptors (Lipinski definition) is 6. The van der Waals surface area contributed by atoms with Gasteiger partial charge in [0.25, 0.3) is 0 Å². The molecule has 0 fully saturated rings. The molecule has 73 heavy (non-hydrogen) atoms. The lowest BCUT2D eigenvalue weighted by Gasteiger charge is -2.18. The van der Waals surface area contributed by atoms with E-state index < -0.39 is 6.10 Å². The lowest BCUT2D eigenvalue weighted by Crippen LogP contribution is -2.30. The van der Waals surface area contributed by atoms with E-state index in [1.165, 1.54) is 103 Å². The number of hydrogen-bond donors (Lipinski definition) is 0. The van der Waals surface area contributed by atoms with Gasteiger partial charge in [-0.2, -0.15) is 0 Å². The Bertz CT molecular complexity index is 1580. The molecule has 6 heteroatoms. The normalized spacial score (nSPS) is 13.1. The first-order valence-electron chi connectivity index (χ1n) is 29.7. The lowest BCUT2D eigenvalue weighted by molar-refractivity contribution is -0.167. The number of unbranched alkanes of at least 4 members (excludes halogenated alkanes) is 19. The van der Waals surface area contributed by atoms with E-state index in [9.17, 15) is 14.4 Å². The Morgan fingerprint density at radius 3 is 0.904 bits per heavy atom. The van der Waals surface area contributed by atoms with Gasteiger partial charge in [-0.15, -0.1) is 0 Å². The molecule has 6 nitrogen and oxygen atoms in total. The maximum absolute atomic E-state index is 12.8. The molecule has 1 unspecified atom stereocenters. The Morgan fingerprint density at radius 1 is 0.288 bits per heavy atom. The van der Waals surface area contributed by atoms with E-state index in [2.05, 4.69) is 154 Å². The van der Waals surface area contributed by atoms with E-state index in [0.717, 1.165) is 96.3 Å². The SMILES string of the molecule is CC/C=C\C/C=C\C/C=C\C/C=C\C/C=C\CCCC(=O)OCC(COC(=O)CCCCCCCCCCC/C=C\CCCCCCCCCC)OC(=O)CCC/C=C\C/C=C\C/C=C\C/C=C\C/C=C\CC. The Kier molecular flexibility index (Phi) is 56.4. The third kappa shape index (κ3) is 58.3. The molecule has 0 aromatic heterocycles. The van der Waals surface area contributed by atoms with Crippen LogP contribution in [0, 0.1) is 0 Å². The summed E-state index contributed by atoms with van der Waals surface area (Å²) in [5.74, 6) is -1.05. The highest BCUT2D eigenvalue weighted by atomic mass is 16.6. The molecule has 0 bridgehead atoms. The minimum absolute atomic E-state index is 0.123. The molecule has 0 aliphatic heterocycles. The number of allylic oxidation sites excluding steroid dienone is 22. The molecular weight excluding hydrogens is 901 g/mol. The summed E-state index contributed by atoms with van der Waals surface area (Å²) >= 11 is 0. The van der Waals surface area contributed by atoms with Gasteiger partial charge in [-0.25, -0.2) is 0 Å². The highest BCUT2D eigenvalue weighted by Gasteiger charge is 2.19. The highest BCUT2D eigenvalue weighted by Crippen LogP contribution is 2.14. The van der Waals surface area contributed by atoms with Crippen LogP contribution in [0.25, 0.3) is 0 Å². The van der Waals surface area contributed by atoms with Gasteiger partial charge in [0.05, 0.1) is 0 Å². The van der Waals surface area contributed by atoms with Crippen LogP contribution in [0.1, 0.15) is 252 Å². The zero-order valence-corrected chi connectivity index (χ0v) is 47.1. The van der Waals surface area contributed by atoms with Crippen molar-refractivity contribution in [3.63, 3.8) is 0 Å². The van der Waals surface area contributed by atoms with Crippen LogP contribution in [0.2, 0.25) is 0 Å². The predicted molar refractivity (Wildman–Crippen MR) is 316 cm³/mol. The van der Waals surface area contributed by atoms with Crippen LogP contribution in [0.5, 0.6) is 0 Å². The Labute approximate surface area is 449 Å². The van der Waals surface area contributed by atoms with Crippen molar-refractivity contribution in [1.29, 1.82) is 0 Å². The minimum Gasteiger partial charge on any atom is -0.462 e. The van der Waals surface area contributed by atoms with Gasteiger partial charge in [0.2, 0.25) is 0 Å². The molecule has 412 valence electrons. The van der Waals surface area contributed by atoms with Crippen molar-refractivity contribution in [3.8, 4) is 0 Å². The van der Waals surface area contributed by atoms with Crippen LogP contribution >= 0.6 is 0 Å². The summed E-state index contributed by atoms with van der Waals surface area (Å²) in [6, 6.07) is 0. The Balaban J connectivity index is 4.54. The van der Waals surface area contributed by atoms with Crippen molar-refractivity contribution in [1.82, 2.24) is 0 Å². The fourth-order valence-electron chi connectivity index (χ4n) is 7.74. The van der Waals surface area contributed by atoms with Gasteiger partial charge in [-0.05, 0) is 122 Å². The number of carbonyl (C=O) groups is 3. The van der Waals surface area contributed by atoms with Gasteiger partial charge in [0.1, 0.15) is 13.2 Å². The molecule has 0 radical (unpaired) electrons. The molecule has 0 aliphatic carbocycles. The first-order chi connectivity index (χ1) is 36.0. The van der Waals surface area contributed by atoms with Crippen LogP contribution in [-0.4, -0.2) is 37.2 Å². The third-order valence-electron chi connectivity index (χ3n) is 12.1. The average molecular weight is 1010 g/mol. The van der Waals surface area contributed by atoms with Crippen LogP contribution in [0.3, 0.4) is 0 Å². The first kappa shape index (κ1) is 68.6. The summed E-state index contributed by atoms with van der Waals surface area (Å²) in [6.07, 6.45) is 84.6. The van der Waals surface area contributed by atoms with Crippen LogP contribution < -0.4 is 0 Å². The fraction of sp³-hybridized carbons (Fsp3) is 0.627. The Hall–Kier alpha value is -4.45. The van der Waals surface area contributed by atoms with E-state index in [-0.39, 0.29) is 44.0 Å². The summed E-state index contributed by atoms with van der Waals surface area (Å²) < 4.78 is 16.8. The quantitative estimate of drug-likeness (QED) is 0.0261. The Morgan fingerprint density at radius 2 is 0.548 bits per heavy atom. The summed E-state index contributed by atoms with van der Waals surface area (Å²) in [6.45, 7) is 6.31. The van der Waals surface area contributed by atoms with Gasteiger partial charge in [-0.3, -0.25) is 14.4 Å².